The third-order valence-electron chi connectivity index (χ3n) is 5.35. The third kappa shape index (κ3) is 3.78. The minimum atomic E-state index is -0.219. The van der Waals surface area contributed by atoms with Crippen LogP contribution in [0.25, 0.3) is 0 Å². The number of nitrogens with two attached hydrogens (primary N) is 1. The van der Waals surface area contributed by atoms with E-state index in [0.717, 1.165) is 26.1 Å². The van der Waals surface area contributed by atoms with Gasteiger partial charge in [-0.05, 0) is 60.5 Å². The lowest BCUT2D eigenvalue weighted by Crippen LogP contribution is -2.47. The molecule has 0 unspecified atom stereocenters. The summed E-state index contributed by atoms with van der Waals surface area (Å²) in [6.07, 6.45) is 3.37. The maximum absolute atomic E-state index is 12.0. The van der Waals surface area contributed by atoms with Crippen molar-refractivity contribution in [3.8, 4) is 0 Å². The molecule has 4 nitrogen and oxygen atoms in total. The summed E-state index contributed by atoms with van der Waals surface area (Å²) >= 11 is 1.80. The number of rotatable bonds is 5. The van der Waals surface area contributed by atoms with E-state index in [4.69, 9.17) is 5.73 Å². The van der Waals surface area contributed by atoms with E-state index in [1.54, 1.807) is 11.3 Å². The molecule has 3 heterocycles. The Morgan fingerprint density at radius 3 is 2.68 bits per heavy atom. The highest BCUT2D eigenvalue weighted by molar-refractivity contribution is 7.10. The molecule has 0 saturated carbocycles. The molecular formula is C20H25N3OS. The molecule has 132 valence electrons. The number of likely N-dealkylation sites (tertiary alicyclic amines) is 1. The van der Waals surface area contributed by atoms with Gasteiger partial charge in [-0.15, -0.1) is 11.3 Å². The van der Waals surface area contributed by atoms with E-state index in [1.165, 1.54) is 47.5 Å². The number of carbonyl (C=O) groups excluding carboxylic acids is 1. The first-order chi connectivity index (χ1) is 12.2. The molecule has 1 atom stereocenters. The van der Waals surface area contributed by atoms with Crippen molar-refractivity contribution >= 4 is 17.2 Å². The fourth-order valence-electron chi connectivity index (χ4n) is 4.02. The highest BCUT2D eigenvalue weighted by Crippen LogP contribution is 2.27. The summed E-state index contributed by atoms with van der Waals surface area (Å²) in [4.78, 5) is 18.1. The van der Waals surface area contributed by atoms with Crippen LogP contribution in [0.2, 0.25) is 0 Å². The molecule has 25 heavy (non-hydrogen) atoms. The lowest BCUT2D eigenvalue weighted by Gasteiger charge is -2.34. The third-order valence-corrected chi connectivity index (χ3v) is 6.32. The van der Waals surface area contributed by atoms with Crippen molar-refractivity contribution in [3.63, 3.8) is 0 Å². The molecule has 2 aromatic rings. The molecule has 5 heteroatoms. The second-order valence-electron chi connectivity index (χ2n) is 7.20. The second-order valence-corrected chi connectivity index (χ2v) is 8.20. The summed E-state index contributed by atoms with van der Waals surface area (Å²) < 4.78 is 0. The zero-order valence-electron chi connectivity index (χ0n) is 14.5. The van der Waals surface area contributed by atoms with Gasteiger partial charge in [-0.2, -0.15) is 0 Å². The van der Waals surface area contributed by atoms with Gasteiger partial charge < -0.3 is 5.73 Å². The number of hydrogen-bond donors (Lipinski definition) is 1. The van der Waals surface area contributed by atoms with E-state index >= 15 is 0 Å². The number of fused-ring (bicyclic) bond motifs is 1. The summed E-state index contributed by atoms with van der Waals surface area (Å²) in [7, 11) is 0. The van der Waals surface area contributed by atoms with Crippen LogP contribution in [0.1, 0.15) is 34.4 Å². The summed E-state index contributed by atoms with van der Waals surface area (Å²) in [5, 5.41) is 2.27. The average Bonchev–Trinajstić information content (AvgIpc) is 3.27. The Kier molecular flexibility index (Phi) is 4.88. The molecule has 1 amide bonds. The number of benzene rings is 1. The zero-order valence-corrected chi connectivity index (χ0v) is 15.3. The Bertz CT molecular complexity index is 751. The first kappa shape index (κ1) is 16.8. The lowest BCUT2D eigenvalue weighted by atomic mass is 9.93. The molecule has 4 rings (SSSR count). The van der Waals surface area contributed by atoms with E-state index in [2.05, 4.69) is 39.4 Å². The standard InChI is InChI=1S/C20H25N3OS/c21-20(24)19-10-16-5-1-2-6-17(16)12-23(19)13-18-9-15(14-25-18)11-22-7-3-4-8-22/h1-2,5-6,9,14,19H,3-4,7-8,10-13H2,(H2,21,24)/t19-/m1/s1. The minimum absolute atomic E-state index is 0.209. The zero-order chi connectivity index (χ0) is 17.2. The van der Waals surface area contributed by atoms with E-state index in [0.29, 0.717) is 0 Å². The quantitative estimate of drug-likeness (QED) is 0.897. The second kappa shape index (κ2) is 7.28. The van der Waals surface area contributed by atoms with Crippen LogP contribution in [-0.4, -0.2) is 34.8 Å². The molecule has 0 spiro atoms. The molecule has 1 saturated heterocycles. The van der Waals surface area contributed by atoms with Gasteiger partial charge in [0.05, 0.1) is 6.04 Å². The number of nitrogens with zero attached hydrogens (tertiary/aromatic N) is 2. The number of amides is 1. The van der Waals surface area contributed by atoms with Crippen molar-refractivity contribution in [1.82, 2.24) is 9.80 Å². The van der Waals surface area contributed by atoms with Gasteiger partial charge in [-0.25, -0.2) is 0 Å². The molecule has 2 aliphatic heterocycles. The Balaban J connectivity index is 1.47. The number of carbonyl (C=O) groups is 1. The van der Waals surface area contributed by atoms with Crippen LogP contribution < -0.4 is 5.73 Å². The van der Waals surface area contributed by atoms with E-state index < -0.39 is 0 Å². The van der Waals surface area contributed by atoms with Crippen molar-refractivity contribution in [2.45, 2.75) is 44.9 Å². The monoisotopic (exact) mass is 355 g/mol. The van der Waals surface area contributed by atoms with Crippen LogP contribution in [0, 0.1) is 0 Å². The SMILES string of the molecule is NC(=O)[C@H]1Cc2ccccc2CN1Cc1cc(CN2CCCC2)cs1. The Morgan fingerprint density at radius 1 is 1.16 bits per heavy atom. The van der Waals surface area contributed by atoms with E-state index in [1.807, 2.05) is 6.07 Å². The molecule has 0 bridgehead atoms. The van der Waals surface area contributed by atoms with Crippen LogP contribution in [-0.2, 0) is 30.8 Å². The number of hydrogen-bond acceptors (Lipinski definition) is 4. The van der Waals surface area contributed by atoms with Gasteiger partial charge in [0, 0.05) is 24.5 Å². The van der Waals surface area contributed by atoms with Crippen molar-refractivity contribution < 1.29 is 4.79 Å². The van der Waals surface area contributed by atoms with Gasteiger partial charge in [0.25, 0.3) is 0 Å². The van der Waals surface area contributed by atoms with Gasteiger partial charge in [0.15, 0.2) is 0 Å². The van der Waals surface area contributed by atoms with Crippen molar-refractivity contribution in [2.75, 3.05) is 13.1 Å². The maximum Gasteiger partial charge on any atom is 0.235 e. The van der Waals surface area contributed by atoms with Gasteiger partial charge >= 0.3 is 0 Å². The maximum atomic E-state index is 12.0. The first-order valence-corrected chi connectivity index (χ1v) is 9.96. The van der Waals surface area contributed by atoms with Crippen molar-refractivity contribution in [1.29, 1.82) is 0 Å². The fraction of sp³-hybridized carbons (Fsp3) is 0.450. The summed E-state index contributed by atoms with van der Waals surface area (Å²) in [5.74, 6) is -0.219. The topological polar surface area (TPSA) is 49.6 Å². The molecule has 2 aliphatic rings. The minimum Gasteiger partial charge on any atom is -0.368 e. The smallest absolute Gasteiger partial charge is 0.235 e. The number of primary amides is 1. The highest BCUT2D eigenvalue weighted by Gasteiger charge is 2.30. The van der Waals surface area contributed by atoms with Crippen molar-refractivity contribution in [3.05, 3.63) is 57.3 Å². The molecule has 1 aromatic carbocycles. The lowest BCUT2D eigenvalue weighted by molar-refractivity contribution is -0.124. The van der Waals surface area contributed by atoms with Crippen LogP contribution in [0.3, 0.4) is 0 Å². The van der Waals surface area contributed by atoms with Crippen LogP contribution >= 0.6 is 11.3 Å². The summed E-state index contributed by atoms with van der Waals surface area (Å²) in [6.45, 7) is 5.09. The average molecular weight is 356 g/mol. The highest BCUT2D eigenvalue weighted by atomic mass is 32.1. The first-order valence-electron chi connectivity index (χ1n) is 9.08. The number of thiophene rings is 1. The Labute approximate surface area is 153 Å². The van der Waals surface area contributed by atoms with Crippen LogP contribution in [0.4, 0.5) is 0 Å². The molecule has 2 N–H and O–H groups in total. The Hall–Kier alpha value is -1.69. The molecule has 1 fully saturated rings. The normalized spacial score (nSPS) is 21.4. The predicted molar refractivity (Wildman–Crippen MR) is 101 cm³/mol. The van der Waals surface area contributed by atoms with Gasteiger partial charge in [0.2, 0.25) is 5.91 Å². The molecular weight excluding hydrogens is 330 g/mol. The summed E-state index contributed by atoms with van der Waals surface area (Å²) in [6, 6.07) is 10.5. The van der Waals surface area contributed by atoms with Crippen LogP contribution in [0.15, 0.2) is 35.7 Å². The predicted octanol–water partition coefficient (Wildman–Crippen LogP) is 2.76. The van der Waals surface area contributed by atoms with Crippen molar-refractivity contribution in [2.24, 2.45) is 5.73 Å². The van der Waals surface area contributed by atoms with E-state index in [9.17, 15) is 4.79 Å². The molecule has 0 aliphatic carbocycles. The summed E-state index contributed by atoms with van der Waals surface area (Å²) in [5.41, 5.74) is 9.66. The van der Waals surface area contributed by atoms with Gasteiger partial charge in [-0.1, -0.05) is 24.3 Å². The van der Waals surface area contributed by atoms with Crippen LogP contribution in [0.5, 0.6) is 0 Å². The van der Waals surface area contributed by atoms with Gasteiger partial charge in [0.1, 0.15) is 0 Å². The van der Waals surface area contributed by atoms with E-state index in [-0.39, 0.29) is 11.9 Å². The largest absolute Gasteiger partial charge is 0.368 e. The molecule has 0 radical (unpaired) electrons. The molecule has 1 aromatic heterocycles. The van der Waals surface area contributed by atoms with Gasteiger partial charge in [-0.3, -0.25) is 14.6 Å². The fourth-order valence-corrected chi connectivity index (χ4v) is 4.92. The Morgan fingerprint density at radius 2 is 1.92 bits per heavy atom.